The van der Waals surface area contributed by atoms with Gasteiger partial charge in [-0.3, -0.25) is 4.79 Å². The Balaban J connectivity index is 2.02. The molecule has 0 amide bonds. The molecule has 1 fully saturated rings. The summed E-state index contributed by atoms with van der Waals surface area (Å²) in [6.45, 7) is 0.283. The first kappa shape index (κ1) is 12.0. The average Bonchev–Trinajstić information content (AvgIpc) is 2.82. The summed E-state index contributed by atoms with van der Waals surface area (Å²) in [5.41, 5.74) is 0. The van der Waals surface area contributed by atoms with Crippen molar-refractivity contribution in [3.05, 3.63) is 23.7 Å². The molecule has 0 aromatic rings. The number of carbonyl (C=O) groups is 1. The summed E-state index contributed by atoms with van der Waals surface area (Å²) in [5, 5.41) is 3.15. The van der Waals surface area contributed by atoms with Gasteiger partial charge < -0.3 is 19.5 Å². The SMILES string of the molecule is CN[C@@H](CC(=O)OC)C1C=C2OCOC2=CC1. The van der Waals surface area contributed by atoms with Crippen molar-refractivity contribution in [1.29, 1.82) is 0 Å². The molecule has 2 rings (SSSR count). The molecule has 0 aromatic carbocycles. The highest BCUT2D eigenvalue weighted by Gasteiger charge is 2.28. The minimum Gasteiger partial charge on any atom is -0.469 e. The summed E-state index contributed by atoms with van der Waals surface area (Å²) in [5.74, 6) is 1.61. The molecule has 1 unspecified atom stereocenters. The maximum Gasteiger partial charge on any atom is 0.307 e. The highest BCUT2D eigenvalue weighted by molar-refractivity contribution is 5.70. The zero-order chi connectivity index (χ0) is 12.3. The van der Waals surface area contributed by atoms with Crippen LogP contribution >= 0.6 is 0 Å². The van der Waals surface area contributed by atoms with Crippen LogP contribution < -0.4 is 5.32 Å². The van der Waals surface area contributed by atoms with Gasteiger partial charge in [0.15, 0.2) is 11.5 Å². The number of rotatable bonds is 4. The summed E-state index contributed by atoms with van der Waals surface area (Å²) < 4.78 is 15.3. The predicted molar refractivity (Wildman–Crippen MR) is 60.8 cm³/mol. The second-order valence-corrected chi connectivity index (χ2v) is 4.08. The monoisotopic (exact) mass is 239 g/mol. The molecule has 2 aliphatic rings. The van der Waals surface area contributed by atoms with E-state index in [2.05, 4.69) is 10.1 Å². The van der Waals surface area contributed by atoms with E-state index < -0.39 is 0 Å². The minimum atomic E-state index is -0.207. The molecule has 0 bridgehead atoms. The van der Waals surface area contributed by atoms with Crippen LogP contribution in [0.15, 0.2) is 23.7 Å². The Morgan fingerprint density at radius 2 is 2.35 bits per heavy atom. The van der Waals surface area contributed by atoms with E-state index in [4.69, 9.17) is 9.47 Å². The topological polar surface area (TPSA) is 56.8 Å². The van der Waals surface area contributed by atoms with Crippen LogP contribution in [0, 0.1) is 5.92 Å². The van der Waals surface area contributed by atoms with E-state index in [1.165, 1.54) is 7.11 Å². The summed E-state index contributed by atoms with van der Waals surface area (Å²) in [4.78, 5) is 11.3. The van der Waals surface area contributed by atoms with E-state index in [-0.39, 0.29) is 24.7 Å². The van der Waals surface area contributed by atoms with Crippen LogP contribution in [0.2, 0.25) is 0 Å². The van der Waals surface area contributed by atoms with Crippen molar-refractivity contribution in [3.63, 3.8) is 0 Å². The maximum atomic E-state index is 11.3. The zero-order valence-corrected chi connectivity index (χ0v) is 10.1. The first-order valence-corrected chi connectivity index (χ1v) is 5.66. The number of fused-ring (bicyclic) bond motifs is 1. The molecule has 0 saturated carbocycles. The quantitative estimate of drug-likeness (QED) is 0.740. The molecule has 17 heavy (non-hydrogen) atoms. The van der Waals surface area contributed by atoms with Gasteiger partial charge in [0.1, 0.15) is 0 Å². The highest BCUT2D eigenvalue weighted by atomic mass is 16.7. The largest absolute Gasteiger partial charge is 0.469 e. The van der Waals surface area contributed by atoms with Gasteiger partial charge in [-0.2, -0.15) is 0 Å². The van der Waals surface area contributed by atoms with Gasteiger partial charge in [-0.1, -0.05) is 0 Å². The molecule has 0 spiro atoms. The second kappa shape index (κ2) is 5.23. The standard InChI is InChI=1S/C12H17NO4/c1-13-9(6-12(14)15-2)8-3-4-10-11(5-8)17-7-16-10/h4-5,8-9,13H,3,6-7H2,1-2H3/t8?,9-/m0/s1. The van der Waals surface area contributed by atoms with Crippen LogP contribution in [0.3, 0.4) is 0 Å². The lowest BCUT2D eigenvalue weighted by atomic mass is 9.89. The molecule has 94 valence electrons. The Kier molecular flexibility index (Phi) is 3.68. The van der Waals surface area contributed by atoms with Gasteiger partial charge in [0.2, 0.25) is 6.79 Å². The van der Waals surface area contributed by atoms with E-state index in [1.807, 2.05) is 19.2 Å². The third-order valence-corrected chi connectivity index (χ3v) is 3.11. The molecule has 1 N–H and O–H groups in total. The lowest BCUT2D eigenvalue weighted by Crippen LogP contribution is -2.35. The van der Waals surface area contributed by atoms with Crippen molar-refractivity contribution in [2.45, 2.75) is 18.9 Å². The van der Waals surface area contributed by atoms with Gasteiger partial charge in [-0.05, 0) is 25.6 Å². The van der Waals surface area contributed by atoms with Crippen LogP contribution in [0.4, 0.5) is 0 Å². The fourth-order valence-electron chi connectivity index (χ4n) is 2.10. The Hall–Kier alpha value is -1.49. The number of allylic oxidation sites excluding steroid dienone is 1. The van der Waals surface area contributed by atoms with Gasteiger partial charge in [0, 0.05) is 12.0 Å². The Bertz CT molecular complexity index is 362. The van der Waals surface area contributed by atoms with E-state index >= 15 is 0 Å². The zero-order valence-electron chi connectivity index (χ0n) is 10.1. The van der Waals surface area contributed by atoms with Crippen LogP contribution in [0.5, 0.6) is 0 Å². The average molecular weight is 239 g/mol. The van der Waals surface area contributed by atoms with Gasteiger partial charge in [-0.25, -0.2) is 0 Å². The van der Waals surface area contributed by atoms with Crippen molar-refractivity contribution >= 4 is 5.97 Å². The molecule has 0 aromatic heterocycles. The first-order valence-electron chi connectivity index (χ1n) is 5.66. The summed E-state index contributed by atoms with van der Waals surface area (Å²) >= 11 is 0. The van der Waals surface area contributed by atoms with Gasteiger partial charge in [-0.15, -0.1) is 0 Å². The first-order chi connectivity index (χ1) is 8.24. The van der Waals surface area contributed by atoms with Crippen molar-refractivity contribution in [2.75, 3.05) is 21.0 Å². The molecular weight excluding hydrogens is 222 g/mol. The molecule has 1 saturated heterocycles. The number of ether oxygens (including phenoxy) is 3. The van der Waals surface area contributed by atoms with Gasteiger partial charge in [0.05, 0.1) is 13.5 Å². The number of hydrogen-bond donors (Lipinski definition) is 1. The molecule has 1 aliphatic carbocycles. The summed E-state index contributed by atoms with van der Waals surface area (Å²) in [6, 6.07) is 0.0527. The molecule has 1 heterocycles. The van der Waals surface area contributed by atoms with E-state index in [0.717, 1.165) is 17.9 Å². The summed E-state index contributed by atoms with van der Waals surface area (Å²) in [7, 11) is 3.25. The molecule has 5 heteroatoms. The minimum absolute atomic E-state index is 0.0527. The summed E-state index contributed by atoms with van der Waals surface area (Å²) in [6.07, 6.45) is 5.22. The second-order valence-electron chi connectivity index (χ2n) is 4.08. The molecule has 1 aliphatic heterocycles. The van der Waals surface area contributed by atoms with E-state index in [0.29, 0.717) is 6.42 Å². The number of carbonyl (C=O) groups excluding carboxylic acids is 1. The van der Waals surface area contributed by atoms with Crippen LogP contribution in [0.1, 0.15) is 12.8 Å². The number of esters is 1. The normalized spacial score (nSPS) is 23.8. The maximum absolute atomic E-state index is 11.3. The molecular formula is C12H17NO4. The Morgan fingerprint density at radius 3 is 3.06 bits per heavy atom. The fraction of sp³-hybridized carbons (Fsp3) is 0.583. The van der Waals surface area contributed by atoms with Crippen molar-refractivity contribution in [2.24, 2.45) is 5.92 Å². The molecule has 2 atom stereocenters. The number of methoxy groups -OCH3 is 1. The highest BCUT2D eigenvalue weighted by Crippen LogP contribution is 2.31. The van der Waals surface area contributed by atoms with Crippen LogP contribution in [0.25, 0.3) is 0 Å². The third-order valence-electron chi connectivity index (χ3n) is 3.11. The Labute approximate surface area is 100 Å². The lowest BCUT2D eigenvalue weighted by molar-refractivity contribution is -0.141. The van der Waals surface area contributed by atoms with Crippen LogP contribution in [-0.4, -0.2) is 33.0 Å². The van der Waals surface area contributed by atoms with E-state index in [1.54, 1.807) is 0 Å². The molecule has 5 nitrogen and oxygen atoms in total. The van der Waals surface area contributed by atoms with Crippen molar-refractivity contribution in [1.82, 2.24) is 5.32 Å². The van der Waals surface area contributed by atoms with Crippen molar-refractivity contribution in [3.8, 4) is 0 Å². The van der Waals surface area contributed by atoms with Crippen molar-refractivity contribution < 1.29 is 19.0 Å². The number of nitrogens with one attached hydrogen (secondary N) is 1. The Morgan fingerprint density at radius 1 is 1.59 bits per heavy atom. The van der Waals surface area contributed by atoms with E-state index in [9.17, 15) is 4.79 Å². The van der Waals surface area contributed by atoms with Crippen LogP contribution in [-0.2, 0) is 19.0 Å². The third kappa shape index (κ3) is 2.61. The fourth-order valence-corrected chi connectivity index (χ4v) is 2.10. The smallest absolute Gasteiger partial charge is 0.307 e. The van der Waals surface area contributed by atoms with Gasteiger partial charge >= 0.3 is 5.97 Å². The lowest BCUT2D eigenvalue weighted by Gasteiger charge is -2.24. The predicted octanol–water partition coefficient (Wildman–Crippen LogP) is 0.929. The van der Waals surface area contributed by atoms with Gasteiger partial charge in [0.25, 0.3) is 0 Å². The number of hydrogen-bond acceptors (Lipinski definition) is 5. The molecule has 0 radical (unpaired) electrons.